The van der Waals surface area contributed by atoms with Gasteiger partial charge in [0.05, 0.1) is 20.6 Å². The maximum Gasteiger partial charge on any atom is 0.271 e. The zero-order chi connectivity index (χ0) is 15.6. The van der Waals surface area contributed by atoms with E-state index in [1.54, 1.807) is 6.92 Å². The molecule has 0 unspecified atom stereocenters. The molecule has 0 bridgehead atoms. The van der Waals surface area contributed by atoms with E-state index in [4.69, 9.17) is 0 Å². The number of aryl methyl sites for hydroxylation is 1. The maximum absolute atomic E-state index is 13.8. The van der Waals surface area contributed by atoms with Gasteiger partial charge in [0.15, 0.2) is 0 Å². The van der Waals surface area contributed by atoms with Gasteiger partial charge in [-0.1, -0.05) is 12.1 Å². The van der Waals surface area contributed by atoms with Gasteiger partial charge in [0.25, 0.3) is 11.6 Å². The molecule has 0 fully saturated rings. The fraction of sp³-hybridized carbons (Fsp3) is 0.0714. The van der Waals surface area contributed by atoms with Crippen LogP contribution in [0, 0.1) is 22.9 Å². The average molecular weight is 353 g/mol. The molecule has 0 radical (unpaired) electrons. The molecule has 2 aromatic rings. The SMILES string of the molecule is Cc1ccc([N+](=O)[O-])cc1NC(=O)c1cccc(Br)c1F. The molecule has 0 atom stereocenters. The lowest BCUT2D eigenvalue weighted by molar-refractivity contribution is -0.384. The molecule has 7 heteroatoms. The van der Waals surface area contributed by atoms with E-state index in [-0.39, 0.29) is 21.4 Å². The first-order chi connectivity index (χ1) is 9.90. The molecule has 0 heterocycles. The Morgan fingerprint density at radius 3 is 2.71 bits per heavy atom. The third-order valence-corrected chi connectivity index (χ3v) is 3.49. The molecular formula is C14H10BrFN2O3. The predicted molar refractivity (Wildman–Crippen MR) is 79.9 cm³/mol. The van der Waals surface area contributed by atoms with Crippen molar-refractivity contribution in [2.75, 3.05) is 5.32 Å². The summed E-state index contributed by atoms with van der Waals surface area (Å²) >= 11 is 3.00. The van der Waals surface area contributed by atoms with Crippen LogP contribution in [0.25, 0.3) is 0 Å². The van der Waals surface area contributed by atoms with Crippen molar-refractivity contribution in [1.29, 1.82) is 0 Å². The molecule has 1 N–H and O–H groups in total. The number of nitrogens with zero attached hydrogens (tertiary/aromatic N) is 1. The Balaban J connectivity index is 2.33. The topological polar surface area (TPSA) is 72.2 Å². The number of rotatable bonds is 3. The van der Waals surface area contributed by atoms with Crippen molar-refractivity contribution >= 4 is 33.2 Å². The fourth-order valence-corrected chi connectivity index (χ4v) is 2.09. The second kappa shape index (κ2) is 6.01. The van der Waals surface area contributed by atoms with E-state index in [0.717, 1.165) is 0 Å². The number of nitro benzene ring substituents is 1. The molecule has 5 nitrogen and oxygen atoms in total. The highest BCUT2D eigenvalue weighted by Crippen LogP contribution is 2.24. The van der Waals surface area contributed by atoms with Gasteiger partial charge in [-0.3, -0.25) is 14.9 Å². The number of amides is 1. The highest BCUT2D eigenvalue weighted by molar-refractivity contribution is 9.10. The molecule has 0 saturated carbocycles. The molecular weight excluding hydrogens is 343 g/mol. The van der Waals surface area contributed by atoms with Crippen LogP contribution in [0.1, 0.15) is 15.9 Å². The van der Waals surface area contributed by atoms with E-state index < -0.39 is 16.6 Å². The number of nitrogens with one attached hydrogen (secondary N) is 1. The van der Waals surface area contributed by atoms with Gasteiger partial charge >= 0.3 is 0 Å². The van der Waals surface area contributed by atoms with Gasteiger partial charge in [0, 0.05) is 12.1 Å². The van der Waals surface area contributed by atoms with Gasteiger partial charge < -0.3 is 5.32 Å². The number of hydrogen-bond donors (Lipinski definition) is 1. The summed E-state index contributed by atoms with van der Waals surface area (Å²) in [7, 11) is 0. The van der Waals surface area contributed by atoms with Crippen molar-refractivity contribution in [2.45, 2.75) is 6.92 Å². The first-order valence-corrected chi connectivity index (χ1v) is 6.70. The van der Waals surface area contributed by atoms with Crippen molar-refractivity contribution < 1.29 is 14.1 Å². The Morgan fingerprint density at radius 2 is 2.05 bits per heavy atom. The number of anilines is 1. The summed E-state index contributed by atoms with van der Waals surface area (Å²) in [5.41, 5.74) is 0.624. The smallest absolute Gasteiger partial charge is 0.271 e. The first-order valence-electron chi connectivity index (χ1n) is 5.90. The van der Waals surface area contributed by atoms with E-state index in [1.165, 1.54) is 36.4 Å². The molecule has 0 saturated heterocycles. The summed E-state index contributed by atoms with van der Waals surface area (Å²) in [6.07, 6.45) is 0. The van der Waals surface area contributed by atoms with Gasteiger partial charge in [-0.25, -0.2) is 4.39 Å². The van der Waals surface area contributed by atoms with Crippen molar-refractivity contribution in [3.05, 3.63) is 67.9 Å². The Morgan fingerprint density at radius 1 is 1.33 bits per heavy atom. The van der Waals surface area contributed by atoms with Crippen molar-refractivity contribution in [3.63, 3.8) is 0 Å². The number of carbonyl (C=O) groups excluding carboxylic acids is 1. The summed E-state index contributed by atoms with van der Waals surface area (Å²) in [4.78, 5) is 22.3. The van der Waals surface area contributed by atoms with Crippen LogP contribution in [0.4, 0.5) is 15.8 Å². The Hall–Kier alpha value is -2.28. The average Bonchev–Trinajstić information content (AvgIpc) is 2.43. The van der Waals surface area contributed by atoms with Crippen molar-refractivity contribution in [3.8, 4) is 0 Å². The number of non-ortho nitro benzene ring substituents is 1. The Labute approximate surface area is 128 Å². The third kappa shape index (κ3) is 3.25. The van der Waals surface area contributed by atoms with E-state index in [0.29, 0.717) is 5.56 Å². The van der Waals surface area contributed by atoms with Crippen LogP contribution in [-0.2, 0) is 0 Å². The molecule has 2 rings (SSSR count). The molecule has 0 aliphatic carbocycles. The monoisotopic (exact) mass is 352 g/mol. The van der Waals surface area contributed by atoms with Crippen LogP contribution in [0.2, 0.25) is 0 Å². The zero-order valence-electron chi connectivity index (χ0n) is 10.9. The lowest BCUT2D eigenvalue weighted by atomic mass is 10.1. The molecule has 0 aliphatic rings. The normalized spacial score (nSPS) is 10.2. The van der Waals surface area contributed by atoms with Crippen LogP contribution in [0.15, 0.2) is 40.9 Å². The molecule has 21 heavy (non-hydrogen) atoms. The molecule has 1 amide bonds. The highest BCUT2D eigenvalue weighted by Gasteiger charge is 2.16. The van der Waals surface area contributed by atoms with Crippen LogP contribution in [-0.4, -0.2) is 10.8 Å². The summed E-state index contributed by atoms with van der Waals surface area (Å²) in [6, 6.07) is 8.44. The molecule has 2 aromatic carbocycles. The maximum atomic E-state index is 13.8. The fourth-order valence-electron chi connectivity index (χ4n) is 1.73. The van der Waals surface area contributed by atoms with E-state index in [1.807, 2.05) is 0 Å². The quantitative estimate of drug-likeness (QED) is 0.668. The van der Waals surface area contributed by atoms with Gasteiger partial charge in [0.1, 0.15) is 5.82 Å². The highest BCUT2D eigenvalue weighted by atomic mass is 79.9. The second-order valence-electron chi connectivity index (χ2n) is 4.31. The molecule has 0 spiro atoms. The number of halogens is 2. The first kappa shape index (κ1) is 15.1. The Kier molecular flexibility index (Phi) is 4.32. The van der Waals surface area contributed by atoms with Gasteiger partial charge in [-0.2, -0.15) is 0 Å². The summed E-state index contributed by atoms with van der Waals surface area (Å²) in [5.74, 6) is -1.35. The lowest BCUT2D eigenvalue weighted by Crippen LogP contribution is -2.15. The number of benzene rings is 2. The standard InChI is InChI=1S/C14H10BrFN2O3/c1-8-5-6-9(18(20)21)7-12(8)17-14(19)10-3-2-4-11(15)13(10)16/h2-7H,1H3,(H,17,19). The van der Waals surface area contributed by atoms with Crippen LogP contribution >= 0.6 is 15.9 Å². The Bertz CT molecular complexity index is 734. The van der Waals surface area contributed by atoms with Crippen LogP contribution in [0.5, 0.6) is 0 Å². The van der Waals surface area contributed by atoms with Crippen LogP contribution in [0.3, 0.4) is 0 Å². The van der Waals surface area contributed by atoms with Crippen molar-refractivity contribution in [2.24, 2.45) is 0 Å². The summed E-state index contributed by atoms with van der Waals surface area (Å²) < 4.78 is 14.0. The zero-order valence-corrected chi connectivity index (χ0v) is 12.5. The molecule has 0 aliphatic heterocycles. The predicted octanol–water partition coefficient (Wildman–Crippen LogP) is 4.06. The number of nitro groups is 1. The number of hydrogen-bond acceptors (Lipinski definition) is 3. The summed E-state index contributed by atoms with van der Waals surface area (Å²) in [5, 5.41) is 13.2. The molecule has 108 valence electrons. The lowest BCUT2D eigenvalue weighted by Gasteiger charge is -2.09. The van der Waals surface area contributed by atoms with Gasteiger partial charge in [-0.05, 0) is 40.5 Å². The van der Waals surface area contributed by atoms with Crippen molar-refractivity contribution in [1.82, 2.24) is 0 Å². The van der Waals surface area contributed by atoms with Crippen LogP contribution < -0.4 is 5.32 Å². The second-order valence-corrected chi connectivity index (χ2v) is 5.17. The van der Waals surface area contributed by atoms with E-state index in [9.17, 15) is 19.3 Å². The largest absolute Gasteiger partial charge is 0.321 e. The van der Waals surface area contributed by atoms with E-state index in [2.05, 4.69) is 21.2 Å². The minimum atomic E-state index is -0.682. The minimum absolute atomic E-state index is 0.143. The summed E-state index contributed by atoms with van der Waals surface area (Å²) in [6.45, 7) is 1.69. The molecule has 0 aromatic heterocycles. The third-order valence-electron chi connectivity index (χ3n) is 2.88. The number of carbonyl (C=O) groups is 1. The van der Waals surface area contributed by atoms with Gasteiger partial charge in [0.2, 0.25) is 0 Å². The van der Waals surface area contributed by atoms with Gasteiger partial charge in [-0.15, -0.1) is 0 Å². The van der Waals surface area contributed by atoms with E-state index >= 15 is 0 Å². The minimum Gasteiger partial charge on any atom is -0.321 e.